The Morgan fingerprint density at radius 1 is 1.00 bits per heavy atom. The van der Waals surface area contributed by atoms with Gasteiger partial charge in [-0.3, -0.25) is 0 Å². The molecule has 3 rings (SSSR count). The maximum Gasteiger partial charge on any atom is 0.417 e. The topological polar surface area (TPSA) is 115 Å². The van der Waals surface area contributed by atoms with Gasteiger partial charge in [-0.25, -0.2) is 9.78 Å². The van der Waals surface area contributed by atoms with Crippen LogP contribution in [-0.2, 0) is 6.18 Å². The summed E-state index contributed by atoms with van der Waals surface area (Å²) in [7, 11) is 0. The Kier molecular flexibility index (Phi) is 5.88. The first-order valence-corrected chi connectivity index (χ1v) is 8.74. The zero-order chi connectivity index (χ0) is 21.9. The van der Waals surface area contributed by atoms with Crippen molar-refractivity contribution in [1.29, 1.82) is 0 Å². The maximum atomic E-state index is 12.9. The molecule has 7 nitrogen and oxygen atoms in total. The molecule has 0 fully saturated rings. The molecule has 0 aliphatic heterocycles. The van der Waals surface area contributed by atoms with Crippen molar-refractivity contribution in [2.45, 2.75) is 6.18 Å². The van der Waals surface area contributed by atoms with Crippen molar-refractivity contribution in [1.82, 2.24) is 4.98 Å². The number of hydrogen-bond donors (Lipinski definition) is 4. The Bertz CT molecular complexity index is 1070. The number of carbonyl (C=O) groups excluding carboxylic acids is 1. The molecule has 30 heavy (non-hydrogen) atoms. The number of aromatic nitrogens is 1. The molecule has 2 aromatic carbocycles. The number of pyridine rings is 1. The number of nitrogen functional groups attached to an aromatic ring is 2. The van der Waals surface area contributed by atoms with Crippen LogP contribution in [0.15, 0.2) is 54.7 Å². The van der Waals surface area contributed by atoms with E-state index in [1.54, 1.807) is 30.3 Å². The second kappa shape index (κ2) is 8.37. The van der Waals surface area contributed by atoms with Crippen molar-refractivity contribution in [3.05, 3.63) is 65.3 Å². The summed E-state index contributed by atoms with van der Waals surface area (Å²) in [5.74, 6) is 0.883. The van der Waals surface area contributed by atoms with Gasteiger partial charge >= 0.3 is 12.2 Å². The third-order valence-electron chi connectivity index (χ3n) is 3.85. The minimum Gasteiger partial charge on any atom is -0.455 e. The standard InChI is InChI=1S/C19H15ClF3N5O2/c20-14-6-3-11(9-13(14)19(21,22)23)28-18(29)27-10-1-4-12(5-2-10)30-15-7-8-26-17(25)16(15)24/h1-9H,24H2,(H2,25,26)(H2,27,28,29). The predicted octanol–water partition coefficient (Wildman–Crippen LogP) is 5.35. The number of urea groups is 1. The van der Waals surface area contributed by atoms with Crippen LogP contribution in [0.3, 0.4) is 0 Å². The number of nitrogens with two attached hydrogens (primary N) is 2. The first-order chi connectivity index (χ1) is 14.1. The van der Waals surface area contributed by atoms with Crippen LogP contribution in [-0.4, -0.2) is 11.0 Å². The minimum absolute atomic E-state index is 0.0603. The van der Waals surface area contributed by atoms with E-state index in [2.05, 4.69) is 15.6 Å². The van der Waals surface area contributed by atoms with Crippen LogP contribution in [0.2, 0.25) is 5.02 Å². The van der Waals surface area contributed by atoms with E-state index in [1.165, 1.54) is 12.3 Å². The number of alkyl halides is 3. The fraction of sp³-hybridized carbons (Fsp3) is 0.0526. The SMILES string of the molecule is Nc1nccc(Oc2ccc(NC(=O)Nc3ccc(Cl)c(C(F)(F)F)c3)cc2)c1N. The number of ether oxygens (including phenoxy) is 1. The summed E-state index contributed by atoms with van der Waals surface area (Å²) >= 11 is 5.56. The molecule has 0 bridgehead atoms. The van der Waals surface area contributed by atoms with E-state index in [0.29, 0.717) is 17.2 Å². The summed E-state index contributed by atoms with van der Waals surface area (Å²) in [5, 5.41) is 4.36. The Labute approximate surface area is 173 Å². The van der Waals surface area contributed by atoms with Crippen LogP contribution >= 0.6 is 11.6 Å². The maximum absolute atomic E-state index is 12.9. The van der Waals surface area contributed by atoms with Crippen LogP contribution in [0.4, 0.5) is 40.8 Å². The van der Waals surface area contributed by atoms with E-state index >= 15 is 0 Å². The van der Waals surface area contributed by atoms with Gasteiger partial charge in [0.25, 0.3) is 0 Å². The van der Waals surface area contributed by atoms with Gasteiger partial charge in [-0.05, 0) is 42.5 Å². The number of benzene rings is 2. The van der Waals surface area contributed by atoms with Gasteiger partial charge in [0.05, 0.1) is 10.6 Å². The first kappa shape index (κ1) is 21.1. The molecule has 0 aliphatic carbocycles. The highest BCUT2D eigenvalue weighted by Crippen LogP contribution is 2.36. The summed E-state index contributed by atoms with van der Waals surface area (Å²) in [6.45, 7) is 0. The van der Waals surface area contributed by atoms with Crippen molar-refractivity contribution in [3.8, 4) is 11.5 Å². The lowest BCUT2D eigenvalue weighted by atomic mass is 10.2. The highest BCUT2D eigenvalue weighted by atomic mass is 35.5. The Morgan fingerprint density at radius 3 is 2.30 bits per heavy atom. The molecule has 2 amide bonds. The van der Waals surface area contributed by atoms with Crippen LogP contribution in [0.25, 0.3) is 0 Å². The molecular formula is C19H15ClF3N5O2. The Balaban J connectivity index is 1.64. The van der Waals surface area contributed by atoms with Crippen molar-refractivity contribution in [2.75, 3.05) is 22.1 Å². The molecule has 156 valence electrons. The van der Waals surface area contributed by atoms with Crippen molar-refractivity contribution in [3.63, 3.8) is 0 Å². The van der Waals surface area contributed by atoms with E-state index in [9.17, 15) is 18.0 Å². The highest BCUT2D eigenvalue weighted by molar-refractivity contribution is 6.31. The molecule has 1 heterocycles. The van der Waals surface area contributed by atoms with Gasteiger partial charge in [-0.2, -0.15) is 13.2 Å². The van der Waals surface area contributed by atoms with Crippen LogP contribution in [0.1, 0.15) is 5.56 Å². The fourth-order valence-electron chi connectivity index (χ4n) is 2.41. The number of anilines is 4. The molecule has 0 atom stereocenters. The molecule has 0 aliphatic rings. The lowest BCUT2D eigenvalue weighted by Crippen LogP contribution is -2.19. The van der Waals surface area contributed by atoms with Crippen LogP contribution in [0.5, 0.6) is 11.5 Å². The van der Waals surface area contributed by atoms with E-state index in [-0.39, 0.29) is 17.2 Å². The largest absolute Gasteiger partial charge is 0.455 e. The average molecular weight is 438 g/mol. The van der Waals surface area contributed by atoms with Gasteiger partial charge in [0.15, 0.2) is 5.75 Å². The van der Waals surface area contributed by atoms with E-state index in [1.807, 2.05) is 0 Å². The zero-order valence-electron chi connectivity index (χ0n) is 15.1. The van der Waals surface area contributed by atoms with Crippen LogP contribution in [0, 0.1) is 0 Å². The number of halogens is 4. The van der Waals surface area contributed by atoms with E-state index in [0.717, 1.165) is 12.1 Å². The average Bonchev–Trinajstić information content (AvgIpc) is 2.67. The molecule has 11 heteroatoms. The summed E-state index contributed by atoms with van der Waals surface area (Å²) in [6, 6.07) is 10.1. The van der Waals surface area contributed by atoms with Crippen molar-refractivity contribution in [2.24, 2.45) is 0 Å². The molecule has 0 saturated heterocycles. The monoisotopic (exact) mass is 437 g/mol. The number of amides is 2. The van der Waals surface area contributed by atoms with Gasteiger partial charge in [0, 0.05) is 23.6 Å². The van der Waals surface area contributed by atoms with E-state index < -0.39 is 22.8 Å². The van der Waals surface area contributed by atoms with Gasteiger partial charge < -0.3 is 26.8 Å². The van der Waals surface area contributed by atoms with Gasteiger partial charge in [0.1, 0.15) is 17.3 Å². The smallest absolute Gasteiger partial charge is 0.417 e. The number of hydrogen-bond acceptors (Lipinski definition) is 5. The number of nitrogens with one attached hydrogen (secondary N) is 2. The number of nitrogens with zero attached hydrogens (tertiary/aromatic N) is 1. The third kappa shape index (κ3) is 5.03. The van der Waals surface area contributed by atoms with E-state index in [4.69, 9.17) is 27.8 Å². The Hall–Kier alpha value is -3.66. The lowest BCUT2D eigenvalue weighted by molar-refractivity contribution is -0.137. The Morgan fingerprint density at radius 2 is 1.63 bits per heavy atom. The second-order valence-corrected chi connectivity index (χ2v) is 6.41. The molecule has 6 N–H and O–H groups in total. The molecule has 1 aromatic heterocycles. The van der Waals surface area contributed by atoms with Crippen molar-refractivity contribution < 1.29 is 22.7 Å². The van der Waals surface area contributed by atoms with Crippen molar-refractivity contribution >= 4 is 40.5 Å². The second-order valence-electron chi connectivity index (χ2n) is 6.01. The third-order valence-corrected chi connectivity index (χ3v) is 4.18. The predicted molar refractivity (Wildman–Crippen MR) is 109 cm³/mol. The van der Waals surface area contributed by atoms with Gasteiger partial charge in [-0.1, -0.05) is 11.6 Å². The lowest BCUT2D eigenvalue weighted by Gasteiger charge is -2.13. The molecular weight excluding hydrogens is 423 g/mol. The fourth-order valence-corrected chi connectivity index (χ4v) is 2.63. The molecule has 3 aromatic rings. The molecule has 0 saturated carbocycles. The van der Waals surface area contributed by atoms with Gasteiger partial charge in [0.2, 0.25) is 0 Å². The highest BCUT2D eigenvalue weighted by Gasteiger charge is 2.33. The first-order valence-electron chi connectivity index (χ1n) is 8.36. The van der Waals surface area contributed by atoms with Crippen LogP contribution < -0.4 is 26.8 Å². The normalized spacial score (nSPS) is 11.1. The summed E-state index contributed by atoms with van der Waals surface area (Å²) in [6.07, 6.45) is -3.19. The summed E-state index contributed by atoms with van der Waals surface area (Å²) < 4.78 is 44.3. The molecule has 0 unspecified atom stereocenters. The summed E-state index contributed by atoms with van der Waals surface area (Å²) in [4.78, 5) is 15.9. The minimum atomic E-state index is -4.63. The molecule has 0 spiro atoms. The quantitative estimate of drug-likeness (QED) is 0.439. The number of rotatable bonds is 4. The number of carbonyl (C=O) groups is 1. The summed E-state index contributed by atoms with van der Waals surface area (Å²) in [5.41, 5.74) is 10.9. The zero-order valence-corrected chi connectivity index (χ0v) is 15.9. The van der Waals surface area contributed by atoms with Gasteiger partial charge in [-0.15, -0.1) is 0 Å². The molecule has 0 radical (unpaired) electrons.